The summed E-state index contributed by atoms with van der Waals surface area (Å²) in [5.41, 5.74) is 1.16. The van der Waals surface area contributed by atoms with Crippen LogP contribution in [0, 0.1) is 6.92 Å². The predicted molar refractivity (Wildman–Crippen MR) is 65.4 cm³/mol. The molecule has 1 N–H and O–H groups in total. The summed E-state index contributed by atoms with van der Waals surface area (Å²) in [6, 6.07) is 3.38. The summed E-state index contributed by atoms with van der Waals surface area (Å²) in [5, 5.41) is 9.04. The van der Waals surface area contributed by atoms with Crippen LogP contribution in [0.25, 0.3) is 5.52 Å². The standard InChI is InChI=1S/C11H12N2O4S/c1-7-3-4-8-10(11(14)15)12-9(13(8)5-7)6-18(2,16)17/h3-5H,6H2,1-2H3,(H,14,15). The fourth-order valence-electron chi connectivity index (χ4n) is 1.75. The zero-order chi connectivity index (χ0) is 13.5. The Hall–Kier alpha value is -1.89. The first-order valence-corrected chi connectivity index (χ1v) is 7.22. The lowest BCUT2D eigenvalue weighted by Gasteiger charge is -2.01. The average Bonchev–Trinajstić information content (AvgIpc) is 2.54. The van der Waals surface area contributed by atoms with Gasteiger partial charge in [0, 0.05) is 12.5 Å². The molecule has 0 saturated carbocycles. The van der Waals surface area contributed by atoms with Crippen LogP contribution < -0.4 is 0 Å². The third-order valence-corrected chi connectivity index (χ3v) is 3.23. The topological polar surface area (TPSA) is 88.7 Å². The van der Waals surface area contributed by atoms with E-state index in [2.05, 4.69) is 4.98 Å². The van der Waals surface area contributed by atoms with E-state index in [1.165, 1.54) is 4.40 Å². The normalized spacial score (nSPS) is 11.9. The van der Waals surface area contributed by atoms with Crippen molar-refractivity contribution < 1.29 is 18.3 Å². The minimum absolute atomic E-state index is 0.131. The number of aryl methyl sites for hydroxylation is 1. The first-order chi connectivity index (χ1) is 8.28. The molecular formula is C11H12N2O4S. The van der Waals surface area contributed by atoms with Crippen LogP contribution in [0.15, 0.2) is 18.3 Å². The minimum atomic E-state index is -3.27. The number of rotatable bonds is 3. The lowest BCUT2D eigenvalue weighted by atomic mass is 10.2. The maximum absolute atomic E-state index is 11.3. The highest BCUT2D eigenvalue weighted by molar-refractivity contribution is 7.89. The van der Waals surface area contributed by atoms with Gasteiger partial charge >= 0.3 is 5.97 Å². The van der Waals surface area contributed by atoms with E-state index < -0.39 is 15.8 Å². The molecule has 0 amide bonds. The molecule has 0 atom stereocenters. The van der Waals surface area contributed by atoms with Gasteiger partial charge in [-0.2, -0.15) is 0 Å². The number of sulfone groups is 1. The Morgan fingerprint density at radius 3 is 2.67 bits per heavy atom. The fourth-order valence-corrected chi connectivity index (χ4v) is 2.42. The zero-order valence-corrected chi connectivity index (χ0v) is 10.7. The summed E-state index contributed by atoms with van der Waals surface area (Å²) < 4.78 is 24.1. The molecule has 2 aromatic rings. The van der Waals surface area contributed by atoms with Crippen molar-refractivity contribution in [2.75, 3.05) is 6.26 Å². The van der Waals surface area contributed by atoms with Crippen molar-refractivity contribution in [3.8, 4) is 0 Å². The molecule has 2 aromatic heterocycles. The molecular weight excluding hydrogens is 256 g/mol. The predicted octanol–water partition coefficient (Wildman–Crippen LogP) is 0.886. The lowest BCUT2D eigenvalue weighted by molar-refractivity contribution is 0.0693. The van der Waals surface area contributed by atoms with Gasteiger partial charge in [0.2, 0.25) is 0 Å². The van der Waals surface area contributed by atoms with Crippen molar-refractivity contribution in [1.82, 2.24) is 9.38 Å². The molecule has 2 heterocycles. The van der Waals surface area contributed by atoms with E-state index in [-0.39, 0.29) is 17.3 Å². The van der Waals surface area contributed by atoms with E-state index in [0.717, 1.165) is 11.8 Å². The van der Waals surface area contributed by atoms with Crippen molar-refractivity contribution >= 4 is 21.3 Å². The zero-order valence-electron chi connectivity index (χ0n) is 9.91. The van der Waals surface area contributed by atoms with Gasteiger partial charge in [0.1, 0.15) is 11.6 Å². The molecule has 0 fully saturated rings. The van der Waals surface area contributed by atoms with Crippen molar-refractivity contribution in [3.05, 3.63) is 35.4 Å². The van der Waals surface area contributed by atoms with E-state index in [1.54, 1.807) is 18.3 Å². The number of hydrogen-bond acceptors (Lipinski definition) is 4. The Kier molecular flexibility index (Phi) is 2.86. The summed E-state index contributed by atoms with van der Waals surface area (Å²) in [6.07, 6.45) is 2.76. The quantitative estimate of drug-likeness (QED) is 0.892. The summed E-state index contributed by atoms with van der Waals surface area (Å²) >= 11 is 0. The summed E-state index contributed by atoms with van der Waals surface area (Å²) in [7, 11) is -3.27. The molecule has 18 heavy (non-hydrogen) atoms. The van der Waals surface area contributed by atoms with Gasteiger partial charge < -0.3 is 9.51 Å². The molecule has 96 valence electrons. The van der Waals surface area contributed by atoms with Crippen molar-refractivity contribution in [1.29, 1.82) is 0 Å². The maximum Gasteiger partial charge on any atom is 0.356 e. The van der Waals surface area contributed by atoms with E-state index >= 15 is 0 Å². The molecule has 0 saturated heterocycles. The first-order valence-electron chi connectivity index (χ1n) is 5.16. The van der Waals surface area contributed by atoms with Crippen LogP contribution in [0.4, 0.5) is 0 Å². The number of aromatic nitrogens is 2. The number of nitrogens with zero attached hydrogens (tertiary/aromatic N) is 2. The Balaban J connectivity index is 2.73. The highest BCUT2D eigenvalue weighted by atomic mass is 32.2. The number of hydrogen-bond donors (Lipinski definition) is 1. The summed E-state index contributed by atoms with van der Waals surface area (Å²) in [4.78, 5) is 15.0. The highest BCUT2D eigenvalue weighted by Crippen LogP contribution is 2.16. The van der Waals surface area contributed by atoms with Gasteiger partial charge in [-0.3, -0.25) is 0 Å². The number of carboxylic acid groups (broad SMARTS) is 1. The molecule has 0 spiro atoms. The fraction of sp³-hybridized carbons (Fsp3) is 0.273. The Bertz CT molecular complexity index is 731. The lowest BCUT2D eigenvalue weighted by Crippen LogP contribution is -2.05. The molecule has 0 aliphatic heterocycles. The van der Waals surface area contributed by atoms with Crippen LogP contribution in [-0.2, 0) is 15.6 Å². The summed E-state index contributed by atoms with van der Waals surface area (Å²) in [5.74, 6) is -1.24. The smallest absolute Gasteiger partial charge is 0.356 e. The van der Waals surface area contributed by atoms with E-state index in [0.29, 0.717) is 5.52 Å². The highest BCUT2D eigenvalue weighted by Gasteiger charge is 2.19. The Morgan fingerprint density at radius 1 is 1.44 bits per heavy atom. The maximum atomic E-state index is 11.3. The van der Waals surface area contributed by atoms with Gasteiger partial charge in [-0.25, -0.2) is 18.2 Å². The van der Waals surface area contributed by atoms with Crippen molar-refractivity contribution in [3.63, 3.8) is 0 Å². The van der Waals surface area contributed by atoms with Crippen LogP contribution in [0.2, 0.25) is 0 Å². The molecule has 2 rings (SSSR count). The molecule has 0 unspecified atom stereocenters. The van der Waals surface area contributed by atoms with Gasteiger partial charge in [0.25, 0.3) is 0 Å². The summed E-state index contributed by atoms with van der Waals surface area (Å²) in [6.45, 7) is 1.84. The largest absolute Gasteiger partial charge is 0.476 e. The van der Waals surface area contributed by atoms with E-state index in [1.807, 2.05) is 6.92 Å². The molecule has 0 aromatic carbocycles. The number of aromatic carboxylic acids is 1. The number of imidazole rings is 1. The van der Waals surface area contributed by atoms with Crippen molar-refractivity contribution in [2.45, 2.75) is 12.7 Å². The molecule has 0 radical (unpaired) electrons. The van der Waals surface area contributed by atoms with Crippen molar-refractivity contribution in [2.24, 2.45) is 0 Å². The van der Waals surface area contributed by atoms with E-state index in [9.17, 15) is 13.2 Å². The Morgan fingerprint density at radius 2 is 2.11 bits per heavy atom. The van der Waals surface area contributed by atoms with Gasteiger partial charge in [-0.15, -0.1) is 0 Å². The van der Waals surface area contributed by atoms with Gasteiger partial charge in [0.05, 0.1) is 5.52 Å². The SMILES string of the molecule is Cc1ccc2c(C(=O)O)nc(CS(C)(=O)=O)n2c1. The van der Waals surface area contributed by atoms with Gasteiger partial charge in [-0.05, 0) is 18.6 Å². The monoisotopic (exact) mass is 268 g/mol. The second kappa shape index (κ2) is 4.09. The molecule has 0 aliphatic carbocycles. The second-order valence-electron chi connectivity index (χ2n) is 4.21. The molecule has 0 bridgehead atoms. The van der Waals surface area contributed by atoms with Gasteiger partial charge in [0.15, 0.2) is 15.5 Å². The average molecular weight is 268 g/mol. The number of fused-ring (bicyclic) bond motifs is 1. The molecule has 6 nitrogen and oxygen atoms in total. The van der Waals surface area contributed by atoms with Crippen LogP contribution in [-0.4, -0.2) is 35.1 Å². The first kappa shape index (κ1) is 12.6. The van der Waals surface area contributed by atoms with Gasteiger partial charge in [-0.1, -0.05) is 6.07 Å². The van der Waals surface area contributed by atoms with Crippen LogP contribution >= 0.6 is 0 Å². The number of carboxylic acids is 1. The Labute approximate surface area is 104 Å². The van der Waals surface area contributed by atoms with E-state index in [4.69, 9.17) is 5.11 Å². The van der Waals surface area contributed by atoms with Crippen LogP contribution in [0.5, 0.6) is 0 Å². The third kappa shape index (κ3) is 2.35. The third-order valence-electron chi connectivity index (χ3n) is 2.45. The second-order valence-corrected chi connectivity index (χ2v) is 6.35. The minimum Gasteiger partial charge on any atom is -0.476 e. The molecule has 7 heteroatoms. The number of carbonyl (C=O) groups is 1. The van der Waals surface area contributed by atoms with Crippen LogP contribution in [0.1, 0.15) is 21.9 Å². The number of pyridine rings is 1. The van der Waals surface area contributed by atoms with Crippen LogP contribution in [0.3, 0.4) is 0 Å². The molecule has 0 aliphatic rings.